The van der Waals surface area contributed by atoms with Crippen molar-refractivity contribution < 1.29 is 18.0 Å². The number of anilines is 1. The van der Waals surface area contributed by atoms with Gasteiger partial charge in [0.25, 0.3) is 5.91 Å². The van der Waals surface area contributed by atoms with Gasteiger partial charge in [-0.1, -0.05) is 0 Å². The summed E-state index contributed by atoms with van der Waals surface area (Å²) < 4.78 is 35.7. The second kappa shape index (κ2) is 7.66. The van der Waals surface area contributed by atoms with Crippen LogP contribution in [0.25, 0.3) is 0 Å². The van der Waals surface area contributed by atoms with Crippen molar-refractivity contribution in [2.75, 3.05) is 18.4 Å². The molecule has 5 nitrogen and oxygen atoms in total. The number of alkyl halides is 3. The number of carbonyl (C=O) groups excluding carboxylic acids is 1. The predicted molar refractivity (Wildman–Crippen MR) is 68.4 cm³/mol. The van der Waals surface area contributed by atoms with Crippen LogP contribution < -0.4 is 10.6 Å². The maximum Gasteiger partial charge on any atom is 0.389 e. The van der Waals surface area contributed by atoms with Crippen LogP contribution in [0.15, 0.2) is 12.4 Å². The summed E-state index contributed by atoms with van der Waals surface area (Å²) in [7, 11) is 0. The van der Waals surface area contributed by atoms with Crippen molar-refractivity contribution in [3.05, 3.63) is 18.1 Å². The zero-order valence-corrected chi connectivity index (χ0v) is 11.1. The Kier molecular flexibility index (Phi) is 6.20. The monoisotopic (exact) mass is 290 g/mol. The Morgan fingerprint density at radius 1 is 1.25 bits per heavy atom. The van der Waals surface area contributed by atoms with Crippen molar-refractivity contribution in [2.24, 2.45) is 0 Å². The molecule has 1 aromatic heterocycles. The van der Waals surface area contributed by atoms with E-state index in [0.29, 0.717) is 12.4 Å². The average molecular weight is 290 g/mol. The Morgan fingerprint density at radius 3 is 2.55 bits per heavy atom. The Morgan fingerprint density at radius 2 is 2.00 bits per heavy atom. The zero-order chi connectivity index (χ0) is 15.0. The highest BCUT2D eigenvalue weighted by Crippen LogP contribution is 2.21. The fourth-order valence-corrected chi connectivity index (χ4v) is 1.46. The minimum absolute atomic E-state index is 0.00514. The maximum atomic E-state index is 11.9. The normalized spacial score (nSPS) is 11.2. The number of nitrogens with one attached hydrogen (secondary N) is 2. The Labute approximate surface area is 115 Å². The van der Waals surface area contributed by atoms with Gasteiger partial charge < -0.3 is 10.6 Å². The fourth-order valence-electron chi connectivity index (χ4n) is 1.46. The smallest absolute Gasteiger partial charge is 0.369 e. The van der Waals surface area contributed by atoms with E-state index in [9.17, 15) is 18.0 Å². The van der Waals surface area contributed by atoms with Gasteiger partial charge in [-0.2, -0.15) is 13.2 Å². The van der Waals surface area contributed by atoms with E-state index in [-0.39, 0.29) is 25.1 Å². The van der Waals surface area contributed by atoms with Crippen molar-refractivity contribution in [3.8, 4) is 0 Å². The molecule has 0 saturated heterocycles. The van der Waals surface area contributed by atoms with Crippen LogP contribution >= 0.6 is 0 Å². The number of hydrogen-bond acceptors (Lipinski definition) is 4. The number of halogens is 3. The van der Waals surface area contributed by atoms with Crippen LogP contribution in [0.3, 0.4) is 0 Å². The van der Waals surface area contributed by atoms with Gasteiger partial charge in [0.15, 0.2) is 0 Å². The summed E-state index contributed by atoms with van der Waals surface area (Å²) in [6.07, 6.45) is -1.95. The second-order valence-electron chi connectivity index (χ2n) is 4.15. The van der Waals surface area contributed by atoms with Gasteiger partial charge in [0.05, 0.1) is 12.4 Å². The van der Waals surface area contributed by atoms with Crippen LogP contribution in [0.1, 0.15) is 36.7 Å². The molecule has 2 N–H and O–H groups in total. The molecule has 0 aliphatic carbocycles. The average Bonchev–Trinajstić information content (AvgIpc) is 2.38. The maximum absolute atomic E-state index is 11.9. The highest BCUT2D eigenvalue weighted by Gasteiger charge is 2.25. The lowest BCUT2D eigenvalue weighted by Gasteiger charge is -2.07. The van der Waals surface area contributed by atoms with Crippen LogP contribution in [-0.2, 0) is 0 Å². The first-order valence-electron chi connectivity index (χ1n) is 6.33. The van der Waals surface area contributed by atoms with Gasteiger partial charge in [-0.15, -0.1) is 0 Å². The van der Waals surface area contributed by atoms with Crippen LogP contribution in [0, 0.1) is 0 Å². The van der Waals surface area contributed by atoms with Gasteiger partial charge in [-0.3, -0.25) is 4.79 Å². The summed E-state index contributed by atoms with van der Waals surface area (Å²) in [5.41, 5.74) is 0.141. The molecule has 20 heavy (non-hydrogen) atoms. The van der Waals surface area contributed by atoms with E-state index in [2.05, 4.69) is 20.6 Å². The molecule has 0 saturated carbocycles. The quantitative estimate of drug-likeness (QED) is 0.757. The Bertz CT molecular complexity index is 420. The first-order valence-corrected chi connectivity index (χ1v) is 6.33. The molecule has 0 atom stereocenters. The second-order valence-corrected chi connectivity index (χ2v) is 4.15. The number of hydrogen-bond donors (Lipinski definition) is 2. The number of amides is 1. The lowest BCUT2D eigenvalue weighted by molar-refractivity contribution is -0.135. The van der Waals surface area contributed by atoms with Crippen LogP contribution in [0.5, 0.6) is 0 Å². The highest BCUT2D eigenvalue weighted by molar-refractivity contribution is 5.91. The molecular weight excluding hydrogens is 273 g/mol. The number of carbonyl (C=O) groups is 1. The van der Waals surface area contributed by atoms with E-state index in [1.165, 1.54) is 12.4 Å². The first kappa shape index (κ1) is 16.2. The van der Waals surface area contributed by atoms with Gasteiger partial charge in [-0.05, 0) is 19.8 Å². The molecule has 1 heterocycles. The molecule has 0 radical (unpaired) electrons. The molecule has 0 unspecified atom stereocenters. The van der Waals surface area contributed by atoms with Gasteiger partial charge in [-0.25, -0.2) is 9.97 Å². The molecule has 1 amide bonds. The van der Waals surface area contributed by atoms with Crippen molar-refractivity contribution in [1.82, 2.24) is 15.3 Å². The summed E-state index contributed by atoms with van der Waals surface area (Å²) >= 11 is 0. The van der Waals surface area contributed by atoms with E-state index in [4.69, 9.17) is 0 Å². The van der Waals surface area contributed by atoms with Crippen molar-refractivity contribution in [3.63, 3.8) is 0 Å². The summed E-state index contributed by atoms with van der Waals surface area (Å²) in [5.74, 6) is 0.127. The van der Waals surface area contributed by atoms with Gasteiger partial charge in [0, 0.05) is 19.5 Å². The fraction of sp³-hybridized carbons (Fsp3) is 0.583. The standard InChI is InChI=1S/C12H17F3N4O/c1-2-16-10-8-18-9(7-19-10)11(20)17-6-4-3-5-12(13,14)15/h7-8H,2-6H2,1H3,(H,16,19)(H,17,20). The largest absolute Gasteiger partial charge is 0.389 e. The molecule has 8 heteroatoms. The molecule has 0 aliphatic heterocycles. The van der Waals surface area contributed by atoms with Crippen LogP contribution in [-0.4, -0.2) is 35.1 Å². The van der Waals surface area contributed by atoms with Gasteiger partial charge >= 0.3 is 6.18 Å². The van der Waals surface area contributed by atoms with Crippen molar-refractivity contribution in [1.29, 1.82) is 0 Å². The van der Waals surface area contributed by atoms with E-state index in [0.717, 1.165) is 0 Å². The van der Waals surface area contributed by atoms with Crippen molar-refractivity contribution >= 4 is 11.7 Å². The molecule has 0 aliphatic rings. The third kappa shape index (κ3) is 6.35. The molecule has 1 rings (SSSR count). The molecule has 112 valence electrons. The minimum Gasteiger partial charge on any atom is -0.369 e. The van der Waals surface area contributed by atoms with E-state index in [1.54, 1.807) is 0 Å². The van der Waals surface area contributed by atoms with E-state index < -0.39 is 18.5 Å². The number of rotatable bonds is 7. The molecule has 0 spiro atoms. The molecule has 1 aromatic rings. The topological polar surface area (TPSA) is 66.9 Å². The Hall–Kier alpha value is -1.86. The molecule has 0 fully saturated rings. The summed E-state index contributed by atoms with van der Waals surface area (Å²) in [6.45, 7) is 2.79. The van der Waals surface area contributed by atoms with Gasteiger partial charge in [0.2, 0.25) is 0 Å². The van der Waals surface area contributed by atoms with E-state index >= 15 is 0 Å². The summed E-state index contributed by atoms with van der Waals surface area (Å²) in [6, 6.07) is 0. The number of aromatic nitrogens is 2. The predicted octanol–water partition coefficient (Wildman–Crippen LogP) is 2.37. The summed E-state index contributed by atoms with van der Waals surface area (Å²) in [5, 5.41) is 5.44. The third-order valence-corrected chi connectivity index (χ3v) is 2.41. The third-order valence-electron chi connectivity index (χ3n) is 2.41. The highest BCUT2D eigenvalue weighted by atomic mass is 19.4. The first-order chi connectivity index (χ1) is 9.42. The Balaban J connectivity index is 2.28. The zero-order valence-electron chi connectivity index (χ0n) is 11.1. The SMILES string of the molecule is CCNc1cnc(C(=O)NCCCCC(F)(F)F)cn1. The lowest BCUT2D eigenvalue weighted by Crippen LogP contribution is -2.25. The molecule has 0 bridgehead atoms. The van der Waals surface area contributed by atoms with Crippen LogP contribution in [0.4, 0.5) is 19.0 Å². The summed E-state index contributed by atoms with van der Waals surface area (Å²) in [4.78, 5) is 19.5. The number of nitrogens with zero attached hydrogens (tertiary/aromatic N) is 2. The minimum atomic E-state index is -4.14. The van der Waals surface area contributed by atoms with Crippen LogP contribution in [0.2, 0.25) is 0 Å². The van der Waals surface area contributed by atoms with E-state index in [1.807, 2.05) is 6.92 Å². The molecule has 0 aromatic carbocycles. The van der Waals surface area contributed by atoms with Gasteiger partial charge in [0.1, 0.15) is 11.5 Å². The van der Waals surface area contributed by atoms with Crippen molar-refractivity contribution in [2.45, 2.75) is 32.4 Å². The number of unbranched alkanes of at least 4 members (excludes halogenated alkanes) is 1. The molecular formula is C12H17F3N4O. The lowest BCUT2D eigenvalue weighted by atomic mass is 10.2.